The molecular weight excluding hydrogens is 385 g/mol. The average Bonchev–Trinajstić information content (AvgIpc) is 2.77. The van der Waals surface area contributed by atoms with Crippen molar-refractivity contribution in [3.8, 4) is 0 Å². The van der Waals surface area contributed by atoms with Crippen molar-refractivity contribution in [1.29, 1.82) is 0 Å². The normalized spacial score (nSPS) is 13.7. The van der Waals surface area contributed by atoms with Crippen molar-refractivity contribution in [2.24, 2.45) is 0 Å². The largest absolute Gasteiger partial charge is 0.452 e. The molecule has 154 valence electrons. The highest BCUT2D eigenvalue weighted by Crippen LogP contribution is 2.28. The van der Waals surface area contributed by atoms with Crippen molar-refractivity contribution < 1.29 is 18.7 Å². The lowest BCUT2D eigenvalue weighted by molar-refractivity contribution is -0.119. The Hall–Kier alpha value is -3.32. The number of hydrogen-bond donors (Lipinski definition) is 1. The van der Waals surface area contributed by atoms with Crippen LogP contribution in [0.5, 0.6) is 0 Å². The molecule has 0 saturated heterocycles. The van der Waals surface area contributed by atoms with E-state index < -0.39 is 24.3 Å². The van der Waals surface area contributed by atoms with Crippen LogP contribution in [0.2, 0.25) is 0 Å². The van der Waals surface area contributed by atoms with Gasteiger partial charge in [0.15, 0.2) is 6.61 Å². The van der Waals surface area contributed by atoms with Gasteiger partial charge in [0, 0.05) is 36.2 Å². The molecule has 0 aliphatic carbocycles. The van der Waals surface area contributed by atoms with Crippen molar-refractivity contribution >= 4 is 28.5 Å². The van der Waals surface area contributed by atoms with Gasteiger partial charge in [-0.15, -0.1) is 0 Å². The zero-order valence-electron chi connectivity index (χ0n) is 16.7. The number of ether oxygens (including phenoxy) is 1. The number of para-hydroxylation sites is 2. The first kappa shape index (κ1) is 20.0. The van der Waals surface area contributed by atoms with Gasteiger partial charge in [0.1, 0.15) is 5.82 Å². The molecule has 2 aromatic carbocycles. The van der Waals surface area contributed by atoms with Crippen molar-refractivity contribution in [2.45, 2.75) is 19.9 Å². The first-order valence-corrected chi connectivity index (χ1v) is 9.91. The summed E-state index contributed by atoms with van der Waals surface area (Å²) in [6, 6.07) is 13.3. The fraction of sp³-hybridized carbons (Fsp3) is 0.261. The lowest BCUT2D eigenvalue weighted by Gasteiger charge is -2.28. The van der Waals surface area contributed by atoms with Crippen LogP contribution in [-0.4, -0.2) is 41.5 Å². The Morgan fingerprint density at radius 2 is 1.93 bits per heavy atom. The van der Waals surface area contributed by atoms with E-state index in [-0.39, 0.29) is 5.69 Å². The number of likely N-dealkylation sites (N-methyl/N-ethyl adjacent to an activating group) is 1. The van der Waals surface area contributed by atoms with E-state index >= 15 is 0 Å². The van der Waals surface area contributed by atoms with Crippen LogP contribution in [0.1, 0.15) is 28.5 Å². The number of nitrogens with one attached hydrogen (secondary N) is 1. The minimum absolute atomic E-state index is 0.0453. The van der Waals surface area contributed by atoms with Crippen LogP contribution in [0.25, 0.3) is 10.9 Å². The van der Waals surface area contributed by atoms with E-state index in [0.29, 0.717) is 17.5 Å². The highest BCUT2D eigenvalue weighted by molar-refractivity contribution is 6.06. The second kappa shape index (κ2) is 8.59. The van der Waals surface area contributed by atoms with Gasteiger partial charge in [-0.05, 0) is 24.7 Å². The van der Waals surface area contributed by atoms with Gasteiger partial charge in [-0.2, -0.15) is 0 Å². The lowest BCUT2D eigenvalue weighted by Crippen LogP contribution is -2.32. The third-order valence-corrected chi connectivity index (χ3v) is 5.26. The molecule has 1 aliphatic heterocycles. The molecule has 7 heteroatoms. The van der Waals surface area contributed by atoms with E-state index in [1.54, 1.807) is 6.07 Å². The third-order valence-electron chi connectivity index (χ3n) is 5.26. The second-order valence-corrected chi connectivity index (χ2v) is 7.15. The predicted molar refractivity (Wildman–Crippen MR) is 112 cm³/mol. The molecule has 30 heavy (non-hydrogen) atoms. The van der Waals surface area contributed by atoms with E-state index in [4.69, 9.17) is 9.72 Å². The van der Waals surface area contributed by atoms with Gasteiger partial charge < -0.3 is 10.1 Å². The molecule has 2 heterocycles. The Balaban J connectivity index is 1.58. The molecule has 1 amide bonds. The minimum atomic E-state index is -0.601. The maximum atomic E-state index is 13.7. The molecular formula is C23H22FN3O3. The number of rotatable bonds is 5. The summed E-state index contributed by atoms with van der Waals surface area (Å²) in [6.07, 6.45) is 0.752. The maximum absolute atomic E-state index is 13.7. The molecule has 1 aromatic heterocycles. The molecule has 0 unspecified atom stereocenters. The molecule has 0 atom stereocenters. The molecule has 0 saturated carbocycles. The molecule has 0 spiro atoms. The summed E-state index contributed by atoms with van der Waals surface area (Å²) >= 11 is 0. The van der Waals surface area contributed by atoms with Gasteiger partial charge >= 0.3 is 5.97 Å². The van der Waals surface area contributed by atoms with E-state index in [1.807, 2.05) is 24.3 Å². The summed E-state index contributed by atoms with van der Waals surface area (Å²) in [7, 11) is 0. The molecule has 1 N–H and O–H groups in total. The van der Waals surface area contributed by atoms with Crippen molar-refractivity contribution in [3.05, 3.63) is 71.2 Å². The number of esters is 1. The van der Waals surface area contributed by atoms with Gasteiger partial charge in [0.2, 0.25) is 0 Å². The van der Waals surface area contributed by atoms with E-state index in [0.717, 1.165) is 36.3 Å². The average molecular weight is 407 g/mol. The number of pyridine rings is 1. The van der Waals surface area contributed by atoms with Gasteiger partial charge in [-0.25, -0.2) is 9.18 Å². The Kier molecular flexibility index (Phi) is 5.72. The first-order valence-electron chi connectivity index (χ1n) is 9.91. The van der Waals surface area contributed by atoms with Gasteiger partial charge in [-0.1, -0.05) is 37.3 Å². The highest BCUT2D eigenvalue weighted by atomic mass is 19.1. The van der Waals surface area contributed by atoms with Crippen LogP contribution in [0.3, 0.4) is 0 Å². The quantitative estimate of drug-likeness (QED) is 0.655. The Morgan fingerprint density at radius 3 is 2.73 bits per heavy atom. The molecule has 4 rings (SSSR count). The topological polar surface area (TPSA) is 71.5 Å². The van der Waals surface area contributed by atoms with Crippen LogP contribution in [-0.2, 0) is 22.5 Å². The molecule has 6 nitrogen and oxygen atoms in total. The van der Waals surface area contributed by atoms with Crippen molar-refractivity contribution in [3.63, 3.8) is 0 Å². The number of amides is 1. The summed E-state index contributed by atoms with van der Waals surface area (Å²) in [5.74, 6) is -1.73. The monoisotopic (exact) mass is 407 g/mol. The number of nitrogens with zero attached hydrogens (tertiary/aromatic N) is 2. The maximum Gasteiger partial charge on any atom is 0.339 e. The molecule has 0 bridgehead atoms. The minimum Gasteiger partial charge on any atom is -0.452 e. The molecule has 1 aliphatic rings. The summed E-state index contributed by atoms with van der Waals surface area (Å²) in [4.78, 5) is 32.2. The number of carbonyl (C=O) groups excluding carboxylic acids is 2. The third kappa shape index (κ3) is 4.02. The van der Waals surface area contributed by atoms with Crippen molar-refractivity contribution in [1.82, 2.24) is 9.88 Å². The Bertz CT molecular complexity index is 1120. The Morgan fingerprint density at radius 1 is 1.17 bits per heavy atom. The Labute approximate surface area is 173 Å². The highest BCUT2D eigenvalue weighted by Gasteiger charge is 2.26. The number of halogens is 1. The SMILES string of the molecule is CCN1CCc2nc3ccccc3c(C(=O)OCC(=O)Nc3ccccc3F)c2C1. The summed E-state index contributed by atoms with van der Waals surface area (Å²) in [5.41, 5.74) is 2.96. The number of fused-ring (bicyclic) bond motifs is 2. The van der Waals surface area contributed by atoms with Gasteiger partial charge in [-0.3, -0.25) is 14.7 Å². The second-order valence-electron chi connectivity index (χ2n) is 7.15. The number of carbonyl (C=O) groups is 2. The summed E-state index contributed by atoms with van der Waals surface area (Å²) in [6.45, 7) is 3.93. The standard InChI is InChI=1S/C23H22FN3O3/c1-2-27-12-11-19-16(13-27)22(15-7-3-5-9-18(15)25-19)23(29)30-14-21(28)26-20-10-6-4-8-17(20)24/h3-10H,2,11-14H2,1H3,(H,26,28). The van der Waals surface area contributed by atoms with E-state index in [1.165, 1.54) is 18.2 Å². The smallest absolute Gasteiger partial charge is 0.339 e. The van der Waals surface area contributed by atoms with Crippen LogP contribution < -0.4 is 5.32 Å². The number of aromatic nitrogens is 1. The number of hydrogen-bond acceptors (Lipinski definition) is 5. The van der Waals surface area contributed by atoms with Crippen molar-refractivity contribution in [2.75, 3.05) is 25.0 Å². The summed E-state index contributed by atoms with van der Waals surface area (Å²) in [5, 5.41) is 3.12. The van der Waals surface area contributed by atoms with Gasteiger partial charge in [0.25, 0.3) is 5.91 Å². The molecule has 0 fully saturated rings. The predicted octanol–water partition coefficient (Wildman–Crippen LogP) is 3.55. The molecule has 3 aromatic rings. The number of anilines is 1. The fourth-order valence-corrected chi connectivity index (χ4v) is 3.70. The summed E-state index contributed by atoms with van der Waals surface area (Å²) < 4.78 is 19.0. The lowest BCUT2D eigenvalue weighted by atomic mass is 9.96. The zero-order chi connectivity index (χ0) is 21.1. The van der Waals surface area contributed by atoms with Crippen LogP contribution in [0.15, 0.2) is 48.5 Å². The fourth-order valence-electron chi connectivity index (χ4n) is 3.70. The van der Waals surface area contributed by atoms with E-state index in [2.05, 4.69) is 17.1 Å². The number of benzene rings is 2. The van der Waals surface area contributed by atoms with Gasteiger partial charge in [0.05, 0.1) is 16.8 Å². The van der Waals surface area contributed by atoms with Crippen LogP contribution in [0.4, 0.5) is 10.1 Å². The zero-order valence-corrected chi connectivity index (χ0v) is 16.7. The van der Waals surface area contributed by atoms with Crippen LogP contribution in [0, 0.1) is 5.82 Å². The molecule has 0 radical (unpaired) electrons. The van der Waals surface area contributed by atoms with E-state index in [9.17, 15) is 14.0 Å². The first-order chi connectivity index (χ1) is 14.6. The van der Waals surface area contributed by atoms with Crippen LogP contribution >= 0.6 is 0 Å².